The number of amides is 1. The van der Waals surface area contributed by atoms with Gasteiger partial charge in [0.05, 0.1) is 29.2 Å². The molecular formula is C26H27ClF3N5O3. The molecule has 4 atom stereocenters. The fourth-order valence-electron chi connectivity index (χ4n) is 5.35. The van der Waals surface area contributed by atoms with Crippen molar-refractivity contribution in [2.24, 2.45) is 17.4 Å². The first kappa shape index (κ1) is 27.8. The highest BCUT2D eigenvalue weighted by Crippen LogP contribution is 2.44. The Labute approximate surface area is 222 Å². The highest BCUT2D eigenvalue weighted by molar-refractivity contribution is 6.00. The van der Waals surface area contributed by atoms with Gasteiger partial charge in [-0.05, 0) is 31.0 Å². The fraction of sp³-hybridized carbons (Fsp3) is 0.346. The number of aliphatic hydroxyl groups excluding tert-OH is 2. The standard InChI is InChI=1S/C26H26F3N5O3.ClH/c1-11-9-34(10-18(30)25(11)36)24-12-5-6-19(35)21(12)32-8-14(24)13-7-17(29)23(33-22(13)26(31)37)20-15(27)3-2-4-16(20)28;/h2-4,7-8,11,18-19,25,35-36H,5-6,9-10,30H2,1H3,(H2,31,37);1H/t11-,18+,19+,25+;/m0./s1. The van der Waals surface area contributed by atoms with Gasteiger partial charge in [0.1, 0.15) is 28.8 Å². The van der Waals surface area contributed by atoms with E-state index in [2.05, 4.69) is 9.97 Å². The van der Waals surface area contributed by atoms with Gasteiger partial charge in [-0.1, -0.05) is 13.0 Å². The maximum atomic E-state index is 15.4. The fourth-order valence-corrected chi connectivity index (χ4v) is 5.35. The molecule has 3 aromatic rings. The minimum atomic E-state index is -1.06. The van der Waals surface area contributed by atoms with Crippen LogP contribution in [0.2, 0.25) is 0 Å². The summed E-state index contributed by atoms with van der Waals surface area (Å²) in [5.74, 6) is -4.38. The summed E-state index contributed by atoms with van der Waals surface area (Å²) < 4.78 is 44.3. The van der Waals surface area contributed by atoms with Crippen molar-refractivity contribution in [3.63, 3.8) is 0 Å². The SMILES string of the molecule is C[C@H]1CN(c2c(-c3cc(F)c(-c4c(F)cccc4F)nc3C(N)=O)cnc3c2CC[C@H]3O)C[C@@H](N)[C@@H]1O.Cl. The molecule has 12 heteroatoms. The Morgan fingerprint density at radius 3 is 2.42 bits per heavy atom. The van der Waals surface area contributed by atoms with Crippen molar-refractivity contribution in [1.82, 2.24) is 9.97 Å². The van der Waals surface area contributed by atoms with Crippen LogP contribution in [0.15, 0.2) is 30.5 Å². The maximum absolute atomic E-state index is 15.4. The van der Waals surface area contributed by atoms with Crippen LogP contribution < -0.4 is 16.4 Å². The number of nitrogens with zero attached hydrogens (tertiary/aromatic N) is 3. The van der Waals surface area contributed by atoms with Crippen molar-refractivity contribution >= 4 is 24.0 Å². The number of aromatic nitrogens is 2. The van der Waals surface area contributed by atoms with Crippen LogP contribution in [0.4, 0.5) is 18.9 Å². The molecule has 0 spiro atoms. The van der Waals surface area contributed by atoms with E-state index >= 15 is 4.39 Å². The van der Waals surface area contributed by atoms with Gasteiger partial charge < -0.3 is 26.6 Å². The number of nitrogens with two attached hydrogens (primary N) is 2. The first-order valence-corrected chi connectivity index (χ1v) is 11.9. The molecule has 5 rings (SSSR count). The zero-order chi connectivity index (χ0) is 26.6. The Balaban J connectivity index is 0.00000336. The molecular weight excluding hydrogens is 523 g/mol. The van der Waals surface area contributed by atoms with Crippen molar-refractivity contribution in [3.05, 3.63) is 64.9 Å². The average molecular weight is 550 g/mol. The molecule has 2 aromatic heterocycles. The number of fused-ring (bicyclic) bond motifs is 1. The maximum Gasteiger partial charge on any atom is 0.267 e. The van der Waals surface area contributed by atoms with Crippen LogP contribution in [0.3, 0.4) is 0 Å². The van der Waals surface area contributed by atoms with Crippen LogP contribution in [-0.4, -0.2) is 51.3 Å². The molecule has 1 fully saturated rings. The molecule has 6 N–H and O–H groups in total. The molecule has 8 nitrogen and oxygen atoms in total. The van der Waals surface area contributed by atoms with Gasteiger partial charge >= 0.3 is 0 Å². The number of hydrogen-bond donors (Lipinski definition) is 4. The third-order valence-corrected chi connectivity index (χ3v) is 7.14. The van der Waals surface area contributed by atoms with E-state index < -0.39 is 58.6 Å². The second-order valence-corrected chi connectivity index (χ2v) is 9.65. The molecule has 3 heterocycles. The number of anilines is 1. The summed E-state index contributed by atoms with van der Waals surface area (Å²) in [6, 6.07) is 3.44. The van der Waals surface area contributed by atoms with Gasteiger partial charge in [0.25, 0.3) is 5.91 Å². The van der Waals surface area contributed by atoms with Gasteiger partial charge in [0.15, 0.2) is 0 Å². The van der Waals surface area contributed by atoms with Crippen LogP contribution >= 0.6 is 12.4 Å². The Bertz CT molecular complexity index is 1380. The van der Waals surface area contributed by atoms with Crippen LogP contribution in [0.25, 0.3) is 22.4 Å². The number of piperidine rings is 1. The summed E-state index contributed by atoms with van der Waals surface area (Å²) in [4.78, 5) is 22.8. The van der Waals surface area contributed by atoms with Crippen LogP contribution in [0.5, 0.6) is 0 Å². The lowest BCUT2D eigenvalue weighted by atomic mass is 9.90. The summed E-state index contributed by atoms with van der Waals surface area (Å²) in [5.41, 5.74) is 12.1. The lowest BCUT2D eigenvalue weighted by Crippen LogP contribution is -2.56. The predicted octanol–water partition coefficient (Wildman–Crippen LogP) is 2.87. The zero-order valence-electron chi connectivity index (χ0n) is 20.4. The molecule has 0 saturated carbocycles. The smallest absolute Gasteiger partial charge is 0.267 e. The topological polar surface area (TPSA) is 139 Å². The minimum Gasteiger partial charge on any atom is -0.391 e. The number of rotatable bonds is 4. The van der Waals surface area contributed by atoms with Crippen molar-refractivity contribution in [2.45, 2.75) is 38.0 Å². The minimum absolute atomic E-state index is 0. The van der Waals surface area contributed by atoms with E-state index in [-0.39, 0.29) is 30.4 Å². The summed E-state index contributed by atoms with van der Waals surface area (Å²) in [7, 11) is 0. The molecule has 1 saturated heterocycles. The highest BCUT2D eigenvalue weighted by Gasteiger charge is 2.36. The van der Waals surface area contributed by atoms with Gasteiger partial charge in [-0.15, -0.1) is 12.4 Å². The molecule has 1 amide bonds. The number of hydrogen-bond acceptors (Lipinski definition) is 7. The van der Waals surface area contributed by atoms with Crippen LogP contribution in [-0.2, 0) is 6.42 Å². The number of carbonyl (C=O) groups is 1. The number of halogens is 4. The molecule has 1 aliphatic heterocycles. The van der Waals surface area contributed by atoms with E-state index in [0.29, 0.717) is 41.9 Å². The monoisotopic (exact) mass is 549 g/mol. The van der Waals surface area contributed by atoms with Crippen LogP contribution in [0.1, 0.15) is 41.2 Å². The summed E-state index contributed by atoms with van der Waals surface area (Å²) >= 11 is 0. The van der Waals surface area contributed by atoms with Gasteiger partial charge in [-0.25, -0.2) is 18.2 Å². The van der Waals surface area contributed by atoms with Crippen molar-refractivity contribution < 1.29 is 28.2 Å². The number of carbonyl (C=O) groups excluding carboxylic acids is 1. The Kier molecular flexibility index (Phi) is 7.67. The molecule has 0 bridgehead atoms. The van der Waals surface area contributed by atoms with E-state index in [1.54, 1.807) is 0 Å². The number of benzene rings is 1. The van der Waals surface area contributed by atoms with E-state index in [0.717, 1.165) is 24.3 Å². The van der Waals surface area contributed by atoms with E-state index in [4.69, 9.17) is 11.5 Å². The molecule has 38 heavy (non-hydrogen) atoms. The molecule has 1 aliphatic carbocycles. The summed E-state index contributed by atoms with van der Waals surface area (Å²) in [5, 5.41) is 20.8. The van der Waals surface area contributed by atoms with Crippen molar-refractivity contribution in [3.8, 4) is 22.4 Å². The largest absolute Gasteiger partial charge is 0.391 e. The Morgan fingerprint density at radius 1 is 1.11 bits per heavy atom. The summed E-state index contributed by atoms with van der Waals surface area (Å²) in [6.07, 6.45) is 0.778. The molecule has 0 unspecified atom stereocenters. The lowest BCUT2D eigenvalue weighted by molar-refractivity contribution is 0.0785. The molecule has 202 valence electrons. The molecule has 1 aromatic carbocycles. The predicted molar refractivity (Wildman–Crippen MR) is 137 cm³/mol. The van der Waals surface area contributed by atoms with Gasteiger partial charge in [0.2, 0.25) is 0 Å². The van der Waals surface area contributed by atoms with Gasteiger partial charge in [0, 0.05) is 47.9 Å². The summed E-state index contributed by atoms with van der Waals surface area (Å²) in [6.45, 7) is 2.50. The first-order valence-electron chi connectivity index (χ1n) is 11.9. The van der Waals surface area contributed by atoms with Crippen LogP contribution in [0, 0.1) is 23.4 Å². The molecule has 0 radical (unpaired) electrons. The quantitative estimate of drug-likeness (QED) is 0.392. The van der Waals surface area contributed by atoms with E-state index in [1.165, 1.54) is 6.20 Å². The molecule has 2 aliphatic rings. The lowest BCUT2D eigenvalue weighted by Gasteiger charge is -2.41. The normalized spacial score (nSPS) is 22.7. The van der Waals surface area contributed by atoms with Crippen molar-refractivity contribution in [1.29, 1.82) is 0 Å². The van der Waals surface area contributed by atoms with Crippen molar-refractivity contribution in [2.75, 3.05) is 18.0 Å². The Hall–Kier alpha value is -3.25. The highest BCUT2D eigenvalue weighted by atomic mass is 35.5. The number of primary amides is 1. The number of pyridine rings is 2. The third-order valence-electron chi connectivity index (χ3n) is 7.14. The first-order chi connectivity index (χ1) is 17.6. The van der Waals surface area contributed by atoms with E-state index in [1.807, 2.05) is 11.8 Å². The zero-order valence-corrected chi connectivity index (χ0v) is 21.2. The average Bonchev–Trinajstić information content (AvgIpc) is 3.22. The Morgan fingerprint density at radius 2 is 1.79 bits per heavy atom. The second kappa shape index (κ2) is 10.5. The van der Waals surface area contributed by atoms with Gasteiger partial charge in [-0.3, -0.25) is 9.78 Å². The third kappa shape index (κ3) is 4.60. The second-order valence-electron chi connectivity index (χ2n) is 9.65. The number of aliphatic hydroxyl groups is 2. The van der Waals surface area contributed by atoms with Gasteiger partial charge in [-0.2, -0.15) is 0 Å². The van der Waals surface area contributed by atoms with E-state index in [9.17, 15) is 23.8 Å².